The van der Waals surface area contributed by atoms with Gasteiger partial charge in [0, 0.05) is 32.9 Å². The Bertz CT molecular complexity index is 6280. The van der Waals surface area contributed by atoms with E-state index in [1.165, 1.54) is 111 Å². The lowest BCUT2D eigenvalue weighted by atomic mass is 9.86. The fraction of sp³-hybridized carbons (Fsp3) is 0.234. The number of esters is 2. The van der Waals surface area contributed by atoms with Gasteiger partial charge < -0.3 is 61.4 Å². The number of carboxylic acids is 2. The molecule has 0 saturated heterocycles. The highest BCUT2D eigenvalue weighted by atomic mass is 35.5. The van der Waals surface area contributed by atoms with Crippen molar-refractivity contribution in [2.24, 2.45) is 20.4 Å². The molecule has 6 aromatic heterocycles. The Morgan fingerprint density at radius 3 is 0.846 bits per heavy atom. The van der Waals surface area contributed by atoms with Gasteiger partial charge in [0.15, 0.2) is 20.4 Å². The monoisotopic (exact) mass is 1980 g/mol. The van der Waals surface area contributed by atoms with Gasteiger partial charge >= 0.3 is 23.9 Å². The fourth-order valence-electron chi connectivity index (χ4n) is 11.9. The number of hydrogen-bond donors (Lipinski definition) is 14. The van der Waals surface area contributed by atoms with Gasteiger partial charge in [-0.3, -0.25) is 21.7 Å². The molecule has 0 saturated carbocycles. The first kappa shape index (κ1) is 102. The van der Waals surface area contributed by atoms with Crippen molar-refractivity contribution in [2.45, 2.75) is 132 Å². The highest BCUT2D eigenvalue weighted by molar-refractivity contribution is 7.81. The number of methoxy groups -OCH3 is 2. The minimum atomic E-state index is -1.10. The molecule has 12 rings (SSSR count). The summed E-state index contributed by atoms with van der Waals surface area (Å²) in [6.07, 6.45) is 0. The molecule has 0 aliphatic carbocycles. The number of thiocarbonyl (C=S) groups is 4. The molecule has 130 heavy (non-hydrogen) atoms. The molecule has 680 valence electrons. The van der Waals surface area contributed by atoms with Gasteiger partial charge in [-0.05, 0) is 203 Å². The van der Waals surface area contributed by atoms with Gasteiger partial charge in [0.1, 0.15) is 32.8 Å². The summed E-state index contributed by atoms with van der Waals surface area (Å²) in [5.74, 6) is -2.27. The number of rotatable bonds is 20. The first-order valence-electron chi connectivity index (χ1n) is 39.7. The molecule has 0 amide bonds. The summed E-state index contributed by atoms with van der Waals surface area (Å²) in [5, 5.41) is 99.9. The molecule has 0 aliphatic rings. The number of anilines is 4. The molecule has 12 aromatic rings. The molecule has 0 radical (unpaired) electrons. The predicted octanol–water partition coefficient (Wildman–Crippen LogP) is 24.9. The molecular formula is C94H98Cl2N12O12S10. The number of carbonyl (C=O) groups is 4. The van der Waals surface area contributed by atoms with Crippen LogP contribution in [0.4, 0.5) is 21.4 Å². The Morgan fingerprint density at radius 2 is 0.600 bits per heavy atom. The van der Waals surface area contributed by atoms with Crippen LogP contribution in [0, 0.1) is 0 Å². The maximum atomic E-state index is 11.7. The van der Waals surface area contributed by atoms with E-state index in [0.717, 1.165) is 53.1 Å². The zero-order valence-corrected chi connectivity index (χ0v) is 83.8. The molecule has 0 bridgehead atoms. The van der Waals surface area contributed by atoms with Crippen molar-refractivity contribution in [3.63, 3.8) is 0 Å². The number of carbonyl (C=O) groups excluding carboxylic acids is 2. The van der Waals surface area contributed by atoms with E-state index in [2.05, 4.69) is 200 Å². The molecule has 6 heterocycles. The molecule has 0 unspecified atom stereocenters. The fourth-order valence-corrected chi connectivity index (χ4v) is 18.8. The highest BCUT2D eigenvalue weighted by Gasteiger charge is 2.25. The van der Waals surface area contributed by atoms with E-state index < -0.39 is 23.9 Å². The Kier molecular flexibility index (Phi) is 35.4. The van der Waals surface area contributed by atoms with Crippen molar-refractivity contribution in [3.8, 4) is 64.8 Å². The summed E-state index contributed by atoms with van der Waals surface area (Å²) in [7, 11) is 2.63. The number of thiophene rings is 6. The van der Waals surface area contributed by atoms with Crippen molar-refractivity contribution in [1.29, 1.82) is 0 Å². The van der Waals surface area contributed by atoms with Gasteiger partial charge in [-0.2, -0.15) is 20.4 Å². The van der Waals surface area contributed by atoms with Crippen molar-refractivity contribution in [2.75, 3.05) is 35.5 Å². The molecule has 6 aromatic carbocycles. The van der Waals surface area contributed by atoms with E-state index in [1.54, 1.807) is 70.2 Å². The second kappa shape index (κ2) is 45.0. The van der Waals surface area contributed by atoms with E-state index in [4.69, 9.17) is 87.0 Å². The van der Waals surface area contributed by atoms with Crippen LogP contribution in [-0.2, 0) is 31.1 Å². The molecule has 14 N–H and O–H groups in total. The Balaban J connectivity index is 0.000000195. The van der Waals surface area contributed by atoms with E-state index in [9.17, 15) is 39.6 Å². The molecule has 36 heteroatoms. The van der Waals surface area contributed by atoms with Crippen LogP contribution in [0.1, 0.15) is 195 Å². The molecular weight excluding hydrogens is 1880 g/mol. The van der Waals surface area contributed by atoms with E-state index >= 15 is 0 Å². The summed E-state index contributed by atoms with van der Waals surface area (Å²) < 4.78 is 9.38. The number of hydrogen-bond acceptors (Lipinski definition) is 24. The van der Waals surface area contributed by atoms with Crippen LogP contribution in [-0.4, -0.2) is 112 Å². The molecule has 0 spiro atoms. The van der Waals surface area contributed by atoms with Crippen molar-refractivity contribution in [1.82, 2.24) is 21.7 Å². The van der Waals surface area contributed by atoms with Gasteiger partial charge in [0.2, 0.25) is 0 Å². The second-order valence-electron chi connectivity index (χ2n) is 33.0. The normalized spacial score (nSPS) is 11.8. The minimum Gasteiger partial charge on any atom is -0.506 e. The van der Waals surface area contributed by atoms with Crippen LogP contribution in [0.2, 0.25) is 10.0 Å². The summed E-state index contributed by atoms with van der Waals surface area (Å²) in [6.45, 7) is 33.1. The van der Waals surface area contributed by atoms with Gasteiger partial charge in [0.25, 0.3) is 0 Å². The summed E-state index contributed by atoms with van der Waals surface area (Å²) in [5.41, 5.74) is 26.2. The number of nitrogens with zero attached hydrogens (tertiary/aromatic N) is 4. The van der Waals surface area contributed by atoms with Crippen LogP contribution in [0.15, 0.2) is 200 Å². The van der Waals surface area contributed by atoms with Crippen molar-refractivity contribution >= 4 is 229 Å². The predicted molar refractivity (Wildman–Crippen MR) is 555 cm³/mol. The molecule has 0 atom stereocenters. The molecule has 0 aliphatic heterocycles. The van der Waals surface area contributed by atoms with Crippen LogP contribution in [0.5, 0.6) is 23.0 Å². The summed E-state index contributed by atoms with van der Waals surface area (Å²) in [6, 6.07) is 48.6. The lowest BCUT2D eigenvalue weighted by Gasteiger charge is -2.19. The van der Waals surface area contributed by atoms with Gasteiger partial charge in [-0.15, -0.1) is 68.0 Å². The van der Waals surface area contributed by atoms with Gasteiger partial charge in [0.05, 0.1) is 110 Å². The summed E-state index contributed by atoms with van der Waals surface area (Å²) >= 11 is 41.2. The van der Waals surface area contributed by atoms with Crippen LogP contribution >= 0.6 is 140 Å². The average molecular weight is 1980 g/mol. The lowest BCUT2D eigenvalue weighted by Crippen LogP contribution is -2.25. The van der Waals surface area contributed by atoms with Crippen molar-refractivity contribution < 1.29 is 59.3 Å². The average Bonchev–Trinajstić information content (AvgIpc) is 1.67. The Labute approximate surface area is 810 Å². The van der Waals surface area contributed by atoms with E-state index in [1.807, 2.05) is 70.1 Å². The highest BCUT2D eigenvalue weighted by Crippen LogP contribution is 2.44. The quantitative estimate of drug-likeness (QED) is 0.0146. The number of benzene rings is 6. The Morgan fingerprint density at radius 1 is 0.338 bits per heavy atom. The standard InChI is InChI=1S/C25H26ClN3O3S2.C24H24ClN3O3S2.C23H25N3O3S3.C22H23N3O3S3/c1-14(28-29-24(33)27-17-10-11-18(20(26)12-17)23(31)32-5)19-13-34-22(21(19)30)15-6-8-16(9-7-15)25(2,3)4;1-13(27-28-23(32)26-16-9-10-17(22(30)31)19(25)11-16)18-12-33-21(20(18)29)14-5-7-15(8-6-14)24(2,3)4;1-13(25-26-22(30)24-18-11-10-17(32-18)21(28)29-5)16-12-31-20(19(16)27)14-6-8-15(9-7-14)23(2,3)4;1-12(24-25-21(29)23-17-10-9-16(31-17)20(27)28)15-11-30-19(18(15)26)13-5-7-14(8-6-13)22(2,3)4/h6-13,30H,1-5H3,(H2,27,29,33);5-12,29H,1-4H3,(H,30,31)(H2,26,28,32);6-12,27H,1-5H3,(H2,24,26,30);5-11,26H,1-4H3,(H,27,28)(H2,23,25,29)/b28-14+;27-13+;25-13+;24-12+. The van der Waals surface area contributed by atoms with E-state index in [0.29, 0.717) is 71.4 Å². The van der Waals surface area contributed by atoms with Crippen LogP contribution in [0.3, 0.4) is 0 Å². The maximum Gasteiger partial charge on any atom is 0.348 e. The number of ether oxygens (including phenoxy) is 2. The number of halogens is 2. The van der Waals surface area contributed by atoms with Crippen LogP contribution in [0.25, 0.3) is 41.8 Å². The molecule has 0 fully saturated rings. The third kappa shape index (κ3) is 27.8. The first-order valence-corrected chi connectivity index (χ1v) is 47.2. The summed E-state index contributed by atoms with van der Waals surface area (Å²) in [4.78, 5) is 49.0. The number of aromatic hydroxyl groups is 4. The zero-order valence-electron chi connectivity index (χ0n) is 74.1. The first-order chi connectivity index (χ1) is 61.1. The van der Waals surface area contributed by atoms with E-state index in [-0.39, 0.29) is 91.2 Å². The third-order valence-electron chi connectivity index (χ3n) is 19.3. The lowest BCUT2D eigenvalue weighted by molar-refractivity contribution is 0.0594. The zero-order chi connectivity index (χ0) is 95.6. The Hall–Kier alpha value is -11.4. The molecule has 24 nitrogen and oxygen atoms in total. The number of hydrazone groups is 4. The van der Waals surface area contributed by atoms with Crippen molar-refractivity contribution in [3.05, 3.63) is 255 Å². The van der Waals surface area contributed by atoms with Crippen LogP contribution < -0.4 is 43.0 Å². The number of aromatic carboxylic acids is 2. The van der Waals surface area contributed by atoms with Gasteiger partial charge in [-0.1, -0.05) is 203 Å². The minimum absolute atomic E-state index is 0.00624. The third-order valence-corrected chi connectivity index (χ3v) is 26.8. The van der Waals surface area contributed by atoms with Gasteiger partial charge in [-0.25, -0.2) is 19.2 Å². The topological polar surface area (TPSA) is 354 Å². The smallest absolute Gasteiger partial charge is 0.348 e. The second-order valence-corrected chi connectivity index (χ2v) is 41.1. The number of carboxylic acid groups (broad SMARTS) is 2. The maximum absolute atomic E-state index is 11.7. The largest absolute Gasteiger partial charge is 0.506 e. The number of nitrogens with one attached hydrogen (secondary N) is 8. The SMILES string of the molecule is C/C(=N\NC(=S)Nc1ccc(C(=O)O)c(Cl)c1)c1csc(-c2ccc(C(C)(C)C)cc2)c1O.C/C(=N\NC(=S)Nc1ccc(C(=O)O)s1)c1csc(-c2ccc(C(C)(C)C)cc2)c1O.COC(=O)c1ccc(NC(=S)N/N=C(\C)c2csc(-c3ccc(C(C)(C)C)cc3)c2O)cc1Cl.COC(=O)c1ccc(NC(=S)N/N=C(\C)c2csc(-c3ccc(C(C)(C)C)cc3)c2O)s1.